The number of hydrogen-bond acceptors (Lipinski definition) is 16. The maximum absolute atomic E-state index is 5.48. The van der Waals surface area contributed by atoms with Crippen LogP contribution in [-0.2, 0) is 39.3 Å². The zero-order valence-corrected chi connectivity index (χ0v) is 36.5. The van der Waals surface area contributed by atoms with Gasteiger partial charge in [-0.1, -0.05) is 0 Å². The van der Waals surface area contributed by atoms with Gasteiger partial charge < -0.3 is 20.1 Å². The van der Waals surface area contributed by atoms with Crippen LogP contribution < -0.4 is 20.1 Å². The first-order chi connectivity index (χ1) is 29.8. The van der Waals surface area contributed by atoms with E-state index in [1.54, 1.807) is 59.7 Å². The molecule has 8 aromatic rings. The van der Waals surface area contributed by atoms with Gasteiger partial charge in [0.2, 0.25) is 11.6 Å². The molecule has 0 bridgehead atoms. The fourth-order valence-electron chi connectivity index (χ4n) is 7.59. The summed E-state index contributed by atoms with van der Waals surface area (Å²) in [4.78, 5) is 36.3. The Morgan fingerprint density at radius 1 is 0.623 bits per heavy atom. The monoisotopic (exact) mass is 858 g/mol. The Bertz CT molecular complexity index is 2810. The number of aromatic nitrogens is 14. The molecule has 8 heterocycles. The molecular formula is C41H46N16O2S2. The molecule has 2 N–H and O–H groups in total. The predicted octanol–water partition coefficient (Wildman–Crippen LogP) is 7.40. The molecule has 2 aliphatic rings. The molecule has 61 heavy (non-hydrogen) atoms. The Kier molecular flexibility index (Phi) is 11.3. The number of ether oxygens (including phenoxy) is 2. The highest BCUT2D eigenvalue weighted by molar-refractivity contribution is 7.14. The zero-order chi connectivity index (χ0) is 42.0. The van der Waals surface area contributed by atoms with Gasteiger partial charge in [-0.25, -0.2) is 44.6 Å². The van der Waals surface area contributed by atoms with E-state index in [2.05, 4.69) is 52.6 Å². The van der Waals surface area contributed by atoms with Crippen LogP contribution in [0.25, 0.3) is 34.4 Å². The minimum atomic E-state index is 0.424. The summed E-state index contributed by atoms with van der Waals surface area (Å²) in [5.74, 6) is 4.13. The third-order valence-corrected chi connectivity index (χ3v) is 12.1. The molecule has 0 spiro atoms. The third kappa shape index (κ3) is 8.19. The zero-order valence-electron chi connectivity index (χ0n) is 34.9. The summed E-state index contributed by atoms with van der Waals surface area (Å²) in [7, 11) is 5.15. The molecule has 0 radical (unpaired) electrons. The van der Waals surface area contributed by atoms with Gasteiger partial charge in [-0.2, -0.15) is 10.2 Å². The normalized spacial score (nSPS) is 13.3. The van der Waals surface area contributed by atoms with Gasteiger partial charge >= 0.3 is 0 Å². The van der Waals surface area contributed by atoms with Crippen LogP contribution in [0, 0.1) is 13.8 Å². The minimum absolute atomic E-state index is 0.424. The maximum Gasteiger partial charge on any atom is 0.258 e. The van der Waals surface area contributed by atoms with Crippen LogP contribution >= 0.6 is 22.7 Å². The first-order valence-corrected chi connectivity index (χ1v) is 22.0. The highest BCUT2D eigenvalue weighted by Gasteiger charge is 2.23. The highest BCUT2D eigenvalue weighted by atomic mass is 32.1. The lowest BCUT2D eigenvalue weighted by Crippen LogP contribution is -2.05. The smallest absolute Gasteiger partial charge is 0.258 e. The molecule has 0 saturated carbocycles. The minimum Gasteiger partial charge on any atom is -0.478 e. The second-order valence-corrected chi connectivity index (χ2v) is 16.5. The molecule has 314 valence electrons. The number of nitrogens with one attached hydrogen (secondary N) is 2. The van der Waals surface area contributed by atoms with Crippen molar-refractivity contribution in [1.29, 1.82) is 0 Å². The lowest BCUT2D eigenvalue weighted by atomic mass is 9.97. The Labute approximate surface area is 360 Å². The summed E-state index contributed by atoms with van der Waals surface area (Å²) in [6, 6.07) is 0. The summed E-state index contributed by atoms with van der Waals surface area (Å²) in [5.41, 5.74) is 9.66. The standard InChI is InChI=1S/C21H24N8OS.C20H22N8OS/c1-4-29-18(14-7-5-6-8-15(14)27-29)26-21-25-17(11-31-21)16-9-22-19(20(24-16)30-3)28-10-13(2)23-12-28;1-12-9-28(11-22-12)18-19(29-3)23-15(8-21-18)16-10-30-20(24-16)25-17-13-6-4-5-7-14(13)26-27(17)2/h9-12H,4-8H2,1-3H3,(H,25,26);8-11H,4-7H2,1-3H3,(H,24,25). The quantitative estimate of drug-likeness (QED) is 0.131. The van der Waals surface area contributed by atoms with Crippen molar-refractivity contribution in [2.24, 2.45) is 7.05 Å². The van der Waals surface area contributed by atoms with E-state index in [-0.39, 0.29) is 0 Å². The molecule has 0 atom stereocenters. The first-order valence-electron chi connectivity index (χ1n) is 20.2. The Balaban J connectivity index is 0.000000156. The van der Waals surface area contributed by atoms with E-state index in [9.17, 15) is 0 Å². The Morgan fingerprint density at radius 2 is 1.11 bits per heavy atom. The molecule has 20 heteroatoms. The van der Waals surface area contributed by atoms with Crippen LogP contribution in [-0.4, -0.2) is 82.8 Å². The lowest BCUT2D eigenvalue weighted by molar-refractivity contribution is 0.394. The summed E-state index contributed by atoms with van der Waals surface area (Å²) < 4.78 is 18.5. The fraction of sp³-hybridized carbons (Fsp3) is 0.366. The van der Waals surface area contributed by atoms with E-state index in [1.165, 1.54) is 59.5 Å². The van der Waals surface area contributed by atoms with Crippen molar-refractivity contribution in [2.75, 3.05) is 24.9 Å². The van der Waals surface area contributed by atoms with Gasteiger partial charge in [0.05, 0.1) is 49.4 Å². The van der Waals surface area contributed by atoms with Gasteiger partial charge in [-0.05, 0) is 72.1 Å². The van der Waals surface area contributed by atoms with Crippen LogP contribution in [0.5, 0.6) is 11.8 Å². The summed E-state index contributed by atoms with van der Waals surface area (Å²) in [6.45, 7) is 6.79. The first kappa shape index (κ1) is 39.9. The number of hydrogen-bond donors (Lipinski definition) is 2. The Hall–Kier alpha value is -6.54. The van der Waals surface area contributed by atoms with Gasteiger partial charge in [0.1, 0.15) is 47.1 Å². The third-order valence-electron chi connectivity index (χ3n) is 10.6. The number of fused-ring (bicyclic) bond motifs is 2. The largest absolute Gasteiger partial charge is 0.478 e. The van der Waals surface area contributed by atoms with Crippen molar-refractivity contribution >= 4 is 44.6 Å². The number of methoxy groups -OCH3 is 2. The molecule has 0 saturated heterocycles. The summed E-state index contributed by atoms with van der Waals surface area (Å²) in [6.07, 6.45) is 19.6. The molecule has 18 nitrogen and oxygen atoms in total. The number of rotatable bonds is 11. The van der Waals surface area contributed by atoms with Crippen LogP contribution in [0.4, 0.5) is 21.9 Å². The van der Waals surface area contributed by atoms with E-state index < -0.39 is 0 Å². The van der Waals surface area contributed by atoms with Crippen molar-refractivity contribution in [3.8, 4) is 46.2 Å². The van der Waals surface area contributed by atoms with E-state index in [4.69, 9.17) is 24.5 Å². The number of nitrogens with zero attached hydrogens (tertiary/aromatic N) is 14. The fourth-order valence-corrected chi connectivity index (χ4v) is 9.00. The molecule has 10 rings (SSSR count). The van der Waals surface area contributed by atoms with E-state index >= 15 is 0 Å². The van der Waals surface area contributed by atoms with Gasteiger partial charge in [-0.3, -0.25) is 13.8 Å². The highest BCUT2D eigenvalue weighted by Crippen LogP contribution is 2.35. The molecule has 8 aromatic heterocycles. The second kappa shape index (κ2) is 17.2. The molecule has 2 aliphatic carbocycles. The van der Waals surface area contributed by atoms with Crippen LogP contribution in [0.3, 0.4) is 0 Å². The Morgan fingerprint density at radius 3 is 1.61 bits per heavy atom. The van der Waals surface area contributed by atoms with Crippen LogP contribution in [0.2, 0.25) is 0 Å². The molecule has 0 aromatic carbocycles. The van der Waals surface area contributed by atoms with Crippen LogP contribution in [0.1, 0.15) is 66.5 Å². The van der Waals surface area contributed by atoms with Crippen LogP contribution in [0.15, 0.2) is 48.2 Å². The molecule has 0 aliphatic heterocycles. The van der Waals surface area contributed by atoms with Crippen molar-refractivity contribution in [1.82, 2.24) is 68.6 Å². The SMILES string of the molecule is CCn1nc2c(c1Nc1nc(-c3cnc(-n4cnc(C)c4)c(OC)n3)cs1)CCCC2.COc1nc(-c2csc(Nc3c4c(nn3C)CCCC4)n2)cnc1-n1cnc(C)c1. The van der Waals surface area contributed by atoms with Crippen molar-refractivity contribution in [2.45, 2.75) is 78.7 Å². The number of anilines is 4. The predicted molar refractivity (Wildman–Crippen MR) is 234 cm³/mol. The lowest BCUT2D eigenvalue weighted by Gasteiger charge is -2.12. The average Bonchev–Trinajstić information content (AvgIpc) is 4.16. The van der Waals surface area contributed by atoms with Gasteiger partial charge in [0.15, 0.2) is 10.3 Å². The molecule has 0 fully saturated rings. The molecule has 0 amide bonds. The average molecular weight is 859 g/mol. The van der Waals surface area contributed by atoms with Gasteiger partial charge in [0, 0.05) is 47.9 Å². The second-order valence-electron chi connectivity index (χ2n) is 14.7. The molecule has 0 unspecified atom stereocenters. The van der Waals surface area contributed by atoms with E-state index in [0.29, 0.717) is 34.8 Å². The van der Waals surface area contributed by atoms with Gasteiger partial charge in [0.25, 0.3) is 11.8 Å². The summed E-state index contributed by atoms with van der Waals surface area (Å²) in [5, 5.41) is 22.0. The van der Waals surface area contributed by atoms with E-state index in [1.807, 2.05) is 53.4 Å². The molecular weight excluding hydrogens is 813 g/mol. The summed E-state index contributed by atoms with van der Waals surface area (Å²) >= 11 is 3.07. The van der Waals surface area contributed by atoms with Crippen molar-refractivity contribution in [3.63, 3.8) is 0 Å². The number of thiazole rings is 2. The van der Waals surface area contributed by atoms with Gasteiger partial charge in [-0.15, -0.1) is 22.7 Å². The maximum atomic E-state index is 5.48. The number of imidazole rings is 2. The topological polar surface area (TPSA) is 191 Å². The van der Waals surface area contributed by atoms with Crippen molar-refractivity contribution < 1.29 is 9.47 Å². The van der Waals surface area contributed by atoms with Crippen molar-refractivity contribution in [3.05, 3.63) is 82.1 Å². The van der Waals surface area contributed by atoms with E-state index in [0.717, 1.165) is 76.9 Å². The number of aryl methyl sites for hydroxylation is 6.